The maximum atomic E-state index is 12.0. The maximum Gasteiger partial charge on any atom is 0.230 e. The first-order chi connectivity index (χ1) is 9.72. The van der Waals surface area contributed by atoms with Crippen molar-refractivity contribution in [2.24, 2.45) is 5.92 Å². The minimum atomic E-state index is 0.0967. The van der Waals surface area contributed by atoms with Gasteiger partial charge in [0.05, 0.1) is 11.8 Å². The van der Waals surface area contributed by atoms with E-state index in [4.69, 9.17) is 0 Å². The number of hydrogen-bond acceptors (Lipinski definition) is 5. The summed E-state index contributed by atoms with van der Waals surface area (Å²) in [4.78, 5) is 12.0. The second-order valence-electron chi connectivity index (χ2n) is 5.96. The summed E-state index contributed by atoms with van der Waals surface area (Å²) in [5.74, 6) is 1.22. The summed E-state index contributed by atoms with van der Waals surface area (Å²) in [7, 11) is 0. The molecule has 7 heteroatoms. The molecule has 2 aliphatic rings. The molecule has 1 N–H and O–H groups in total. The zero-order valence-electron chi connectivity index (χ0n) is 11.8. The second-order valence-corrected chi connectivity index (χ2v) is 6.90. The highest BCUT2D eigenvalue weighted by Gasteiger charge is 2.28. The molecule has 110 valence electrons. The van der Waals surface area contributed by atoms with E-state index in [1.54, 1.807) is 0 Å². The van der Waals surface area contributed by atoms with E-state index in [-0.39, 0.29) is 5.91 Å². The molecule has 2 fully saturated rings. The lowest BCUT2D eigenvalue weighted by atomic mass is 9.87. The van der Waals surface area contributed by atoms with Gasteiger partial charge in [-0.05, 0) is 42.0 Å². The first-order valence-corrected chi connectivity index (χ1v) is 8.41. The number of amides is 1. The highest BCUT2D eigenvalue weighted by molar-refractivity contribution is 7.99. The van der Waals surface area contributed by atoms with E-state index >= 15 is 0 Å². The second kappa shape index (κ2) is 6.11. The van der Waals surface area contributed by atoms with E-state index in [1.165, 1.54) is 24.6 Å². The Morgan fingerprint density at radius 1 is 1.40 bits per heavy atom. The van der Waals surface area contributed by atoms with Gasteiger partial charge in [0.2, 0.25) is 11.1 Å². The predicted octanol–water partition coefficient (Wildman–Crippen LogP) is 1.79. The lowest BCUT2D eigenvalue weighted by Crippen LogP contribution is -2.38. The van der Waals surface area contributed by atoms with Gasteiger partial charge in [-0.2, -0.15) is 0 Å². The van der Waals surface area contributed by atoms with Crippen LogP contribution in [0.15, 0.2) is 5.16 Å². The summed E-state index contributed by atoms with van der Waals surface area (Å²) in [5.41, 5.74) is 0. The minimum Gasteiger partial charge on any atom is -0.353 e. The normalized spacial score (nSPS) is 26.4. The van der Waals surface area contributed by atoms with Gasteiger partial charge in [-0.25, -0.2) is 4.68 Å². The van der Waals surface area contributed by atoms with Crippen LogP contribution in [0.5, 0.6) is 0 Å². The van der Waals surface area contributed by atoms with E-state index in [0.717, 1.165) is 36.8 Å². The number of hydrogen-bond donors (Lipinski definition) is 1. The molecule has 2 atom stereocenters. The Labute approximate surface area is 123 Å². The number of carbonyl (C=O) groups is 1. The molecule has 0 bridgehead atoms. The fourth-order valence-corrected chi connectivity index (χ4v) is 3.55. The van der Waals surface area contributed by atoms with Crippen molar-refractivity contribution in [2.75, 3.05) is 5.75 Å². The lowest BCUT2D eigenvalue weighted by molar-refractivity contribution is -0.119. The molecule has 0 aromatic carbocycles. The van der Waals surface area contributed by atoms with Crippen molar-refractivity contribution in [1.29, 1.82) is 0 Å². The molecule has 1 aromatic heterocycles. The molecule has 1 aromatic rings. The van der Waals surface area contributed by atoms with Gasteiger partial charge in [0.15, 0.2) is 0 Å². The van der Waals surface area contributed by atoms with Crippen molar-refractivity contribution >= 4 is 17.7 Å². The molecule has 0 saturated heterocycles. The summed E-state index contributed by atoms with van der Waals surface area (Å²) in [6, 6.07) is 0.807. The third-order valence-corrected chi connectivity index (χ3v) is 4.92. The highest BCUT2D eigenvalue weighted by atomic mass is 32.2. The van der Waals surface area contributed by atoms with Gasteiger partial charge >= 0.3 is 0 Å². The zero-order chi connectivity index (χ0) is 13.9. The summed E-state index contributed by atoms with van der Waals surface area (Å²) in [6.07, 6.45) is 7.02. The zero-order valence-corrected chi connectivity index (χ0v) is 12.6. The minimum absolute atomic E-state index is 0.0967. The number of tetrazole rings is 1. The van der Waals surface area contributed by atoms with Crippen LogP contribution < -0.4 is 5.32 Å². The SMILES string of the molecule is CC1CCCC(NC(=O)CSc2nnnn2C2CC2)C1. The van der Waals surface area contributed by atoms with Crippen molar-refractivity contribution in [3.63, 3.8) is 0 Å². The Bertz CT molecular complexity index is 473. The number of carbonyl (C=O) groups excluding carboxylic acids is 1. The van der Waals surface area contributed by atoms with Gasteiger partial charge in [0.25, 0.3) is 0 Å². The Balaban J connectivity index is 1.45. The fourth-order valence-electron chi connectivity index (χ4n) is 2.79. The largest absolute Gasteiger partial charge is 0.353 e. The third kappa shape index (κ3) is 3.50. The lowest BCUT2D eigenvalue weighted by Gasteiger charge is -2.27. The molecule has 0 spiro atoms. The molecular formula is C13H21N5OS. The molecule has 20 heavy (non-hydrogen) atoms. The fraction of sp³-hybridized carbons (Fsp3) is 0.846. The quantitative estimate of drug-likeness (QED) is 0.839. The average molecular weight is 295 g/mol. The third-order valence-electron chi connectivity index (χ3n) is 3.99. The Morgan fingerprint density at radius 2 is 2.25 bits per heavy atom. The smallest absolute Gasteiger partial charge is 0.230 e. The molecule has 2 saturated carbocycles. The van der Waals surface area contributed by atoms with Crippen LogP contribution in [0.4, 0.5) is 0 Å². The van der Waals surface area contributed by atoms with Gasteiger partial charge in [0, 0.05) is 6.04 Å². The van der Waals surface area contributed by atoms with Crippen LogP contribution in [-0.2, 0) is 4.79 Å². The van der Waals surface area contributed by atoms with E-state index in [1.807, 2.05) is 4.68 Å². The van der Waals surface area contributed by atoms with Crippen molar-refractivity contribution in [2.45, 2.75) is 62.7 Å². The van der Waals surface area contributed by atoms with Crippen LogP contribution >= 0.6 is 11.8 Å². The maximum absolute atomic E-state index is 12.0. The molecule has 2 aliphatic carbocycles. The van der Waals surface area contributed by atoms with Crippen LogP contribution in [0.1, 0.15) is 51.5 Å². The highest BCUT2D eigenvalue weighted by Crippen LogP contribution is 2.36. The standard InChI is InChI=1S/C13H21N5OS/c1-9-3-2-4-10(7-9)14-12(19)8-20-13-15-16-17-18(13)11-5-6-11/h9-11H,2-8H2,1H3,(H,14,19). The number of aromatic nitrogens is 4. The molecule has 6 nitrogen and oxygen atoms in total. The summed E-state index contributed by atoms with van der Waals surface area (Å²) in [5, 5.41) is 15.6. The molecule has 0 radical (unpaired) electrons. The monoisotopic (exact) mass is 295 g/mol. The molecule has 1 amide bonds. The van der Waals surface area contributed by atoms with Crippen LogP contribution in [0, 0.1) is 5.92 Å². The van der Waals surface area contributed by atoms with Crippen LogP contribution in [-0.4, -0.2) is 37.9 Å². The van der Waals surface area contributed by atoms with Crippen molar-refractivity contribution in [3.05, 3.63) is 0 Å². The first-order valence-electron chi connectivity index (χ1n) is 7.42. The van der Waals surface area contributed by atoms with Gasteiger partial charge in [-0.3, -0.25) is 4.79 Å². The van der Waals surface area contributed by atoms with Crippen LogP contribution in [0.25, 0.3) is 0 Å². The van der Waals surface area contributed by atoms with Gasteiger partial charge in [-0.1, -0.05) is 31.5 Å². The van der Waals surface area contributed by atoms with Gasteiger partial charge in [0.1, 0.15) is 0 Å². The van der Waals surface area contributed by atoms with E-state index in [9.17, 15) is 4.79 Å². The van der Waals surface area contributed by atoms with Gasteiger partial charge < -0.3 is 5.32 Å². The first kappa shape index (κ1) is 13.9. The van der Waals surface area contributed by atoms with E-state index in [0.29, 0.717) is 17.8 Å². The summed E-state index contributed by atoms with van der Waals surface area (Å²) in [6.45, 7) is 2.26. The molecule has 0 aliphatic heterocycles. The summed E-state index contributed by atoms with van der Waals surface area (Å²) >= 11 is 1.43. The van der Waals surface area contributed by atoms with Gasteiger partial charge in [-0.15, -0.1) is 5.10 Å². The molecule has 2 unspecified atom stereocenters. The van der Waals surface area contributed by atoms with Crippen LogP contribution in [0.3, 0.4) is 0 Å². The number of rotatable bonds is 5. The Hall–Kier alpha value is -1.11. The topological polar surface area (TPSA) is 72.7 Å². The van der Waals surface area contributed by atoms with E-state index < -0.39 is 0 Å². The molecular weight excluding hydrogens is 274 g/mol. The molecule has 3 rings (SSSR count). The molecule has 1 heterocycles. The Morgan fingerprint density at radius 3 is 3.00 bits per heavy atom. The van der Waals surface area contributed by atoms with Crippen molar-refractivity contribution in [3.8, 4) is 0 Å². The summed E-state index contributed by atoms with van der Waals surface area (Å²) < 4.78 is 1.85. The number of thioether (sulfide) groups is 1. The van der Waals surface area contributed by atoms with E-state index in [2.05, 4.69) is 27.8 Å². The number of nitrogens with one attached hydrogen (secondary N) is 1. The Kier molecular flexibility index (Phi) is 4.24. The van der Waals surface area contributed by atoms with Crippen molar-refractivity contribution < 1.29 is 4.79 Å². The predicted molar refractivity (Wildman–Crippen MR) is 76.4 cm³/mol. The average Bonchev–Trinajstić information content (AvgIpc) is 3.15. The van der Waals surface area contributed by atoms with Crippen molar-refractivity contribution in [1.82, 2.24) is 25.5 Å². The van der Waals surface area contributed by atoms with Crippen LogP contribution in [0.2, 0.25) is 0 Å². The number of nitrogens with zero attached hydrogens (tertiary/aromatic N) is 4.